The molecule has 2 aromatic heterocycles. The van der Waals surface area contributed by atoms with Crippen molar-refractivity contribution in [1.82, 2.24) is 15.0 Å². The number of aromatic nitrogens is 3. The zero-order valence-corrected chi connectivity index (χ0v) is 13.5. The molecule has 0 spiro atoms. The van der Waals surface area contributed by atoms with Crippen LogP contribution in [-0.4, -0.2) is 26.6 Å². The molecule has 0 saturated carbocycles. The summed E-state index contributed by atoms with van der Waals surface area (Å²) in [4.78, 5) is 23.4. The van der Waals surface area contributed by atoms with E-state index in [1.54, 1.807) is 30.3 Å². The molecule has 1 aromatic carbocycles. The first kappa shape index (κ1) is 15.1. The van der Waals surface area contributed by atoms with Crippen molar-refractivity contribution in [3.63, 3.8) is 0 Å². The maximum atomic E-state index is 11.9. The average molecular weight is 353 g/mol. The molecule has 5 nitrogen and oxygen atoms in total. The molecule has 2 N–H and O–H groups in total. The van der Waals surface area contributed by atoms with Gasteiger partial charge in [0.25, 0.3) is 0 Å². The molecule has 3 rings (SSSR count). The molecular formula is C14H10Cl2N4OS. The van der Waals surface area contributed by atoms with Crippen LogP contribution in [0.2, 0.25) is 10.0 Å². The number of hydrogen-bond donors (Lipinski definition) is 2. The Morgan fingerprint density at radius 3 is 2.95 bits per heavy atom. The molecule has 22 heavy (non-hydrogen) atoms. The Hall–Kier alpha value is -1.76. The second kappa shape index (κ2) is 6.56. The van der Waals surface area contributed by atoms with Crippen LogP contribution in [0.4, 0.5) is 5.69 Å². The Bertz CT molecular complexity index is 837. The maximum Gasteiger partial charge on any atom is 0.234 e. The molecule has 3 aromatic rings. The number of carbonyl (C=O) groups excluding carboxylic acids is 1. The van der Waals surface area contributed by atoms with E-state index >= 15 is 0 Å². The second-order valence-electron chi connectivity index (χ2n) is 4.41. The summed E-state index contributed by atoms with van der Waals surface area (Å²) in [5.41, 5.74) is 1.98. The van der Waals surface area contributed by atoms with Crippen molar-refractivity contribution in [2.75, 3.05) is 11.1 Å². The molecule has 0 radical (unpaired) electrons. The van der Waals surface area contributed by atoms with Gasteiger partial charge in [-0.2, -0.15) is 0 Å². The Kier molecular flexibility index (Phi) is 4.52. The van der Waals surface area contributed by atoms with E-state index < -0.39 is 0 Å². The SMILES string of the molecule is O=C(CSc1nc2ncc(Cl)cc2[nH]1)Nc1cccc(Cl)c1. The smallest absolute Gasteiger partial charge is 0.234 e. The number of rotatable bonds is 4. The van der Waals surface area contributed by atoms with Crippen LogP contribution in [0.5, 0.6) is 0 Å². The van der Waals surface area contributed by atoms with Gasteiger partial charge in [-0.1, -0.05) is 41.0 Å². The number of carbonyl (C=O) groups is 1. The molecular weight excluding hydrogens is 343 g/mol. The number of fused-ring (bicyclic) bond motifs is 1. The Labute approximate surface area is 140 Å². The number of imidazole rings is 1. The first-order valence-corrected chi connectivity index (χ1v) is 8.04. The molecule has 0 unspecified atom stereocenters. The van der Waals surface area contributed by atoms with Crippen LogP contribution in [0.25, 0.3) is 11.2 Å². The predicted molar refractivity (Wildman–Crippen MR) is 89.7 cm³/mol. The van der Waals surface area contributed by atoms with Crippen LogP contribution in [0, 0.1) is 0 Å². The summed E-state index contributed by atoms with van der Waals surface area (Å²) in [6.07, 6.45) is 1.53. The molecule has 8 heteroatoms. The van der Waals surface area contributed by atoms with Crippen molar-refractivity contribution in [2.24, 2.45) is 0 Å². The van der Waals surface area contributed by atoms with E-state index in [1.165, 1.54) is 18.0 Å². The summed E-state index contributed by atoms with van der Waals surface area (Å²) in [5, 5.41) is 4.50. The number of anilines is 1. The van der Waals surface area contributed by atoms with E-state index in [1.807, 2.05) is 0 Å². The number of H-pyrrole nitrogens is 1. The van der Waals surface area contributed by atoms with Crippen LogP contribution in [0.3, 0.4) is 0 Å². The number of aromatic amines is 1. The van der Waals surface area contributed by atoms with Gasteiger partial charge in [-0.15, -0.1) is 0 Å². The van der Waals surface area contributed by atoms with E-state index in [2.05, 4.69) is 20.3 Å². The highest BCUT2D eigenvalue weighted by Crippen LogP contribution is 2.21. The zero-order valence-electron chi connectivity index (χ0n) is 11.1. The predicted octanol–water partition coefficient (Wildman–Crippen LogP) is 4.00. The first-order chi connectivity index (χ1) is 10.6. The standard InChI is InChI=1S/C14H10Cl2N4OS/c15-8-2-1-3-10(4-8)18-12(21)7-22-14-19-11-5-9(16)6-17-13(11)20-14/h1-6H,7H2,(H,18,21)(H,17,19,20). The van der Waals surface area contributed by atoms with Crippen molar-refractivity contribution < 1.29 is 4.79 Å². The summed E-state index contributed by atoms with van der Waals surface area (Å²) in [5.74, 6) is 0.0822. The van der Waals surface area contributed by atoms with Gasteiger partial charge in [0, 0.05) is 16.9 Å². The van der Waals surface area contributed by atoms with E-state index in [9.17, 15) is 4.79 Å². The van der Waals surface area contributed by atoms with Gasteiger partial charge in [0.2, 0.25) is 5.91 Å². The third kappa shape index (κ3) is 3.71. The highest BCUT2D eigenvalue weighted by Gasteiger charge is 2.08. The summed E-state index contributed by atoms with van der Waals surface area (Å²) in [6.45, 7) is 0. The van der Waals surface area contributed by atoms with Gasteiger partial charge >= 0.3 is 0 Å². The fourth-order valence-electron chi connectivity index (χ4n) is 1.82. The Morgan fingerprint density at radius 2 is 2.14 bits per heavy atom. The number of pyridine rings is 1. The van der Waals surface area contributed by atoms with E-state index in [-0.39, 0.29) is 11.7 Å². The van der Waals surface area contributed by atoms with Gasteiger partial charge < -0.3 is 10.3 Å². The summed E-state index contributed by atoms with van der Waals surface area (Å²) >= 11 is 13.0. The lowest BCUT2D eigenvalue weighted by Gasteiger charge is -2.04. The number of nitrogens with one attached hydrogen (secondary N) is 2. The normalized spacial score (nSPS) is 10.8. The van der Waals surface area contributed by atoms with Crippen LogP contribution in [-0.2, 0) is 4.79 Å². The van der Waals surface area contributed by atoms with E-state index in [4.69, 9.17) is 23.2 Å². The van der Waals surface area contributed by atoms with Crippen molar-refractivity contribution in [1.29, 1.82) is 0 Å². The maximum absolute atomic E-state index is 11.9. The molecule has 0 fully saturated rings. The fraction of sp³-hybridized carbons (Fsp3) is 0.0714. The summed E-state index contributed by atoms with van der Waals surface area (Å²) in [7, 11) is 0. The van der Waals surface area contributed by atoms with Gasteiger partial charge in [-0.25, -0.2) is 9.97 Å². The third-order valence-electron chi connectivity index (χ3n) is 2.73. The Balaban J connectivity index is 1.62. The lowest BCUT2D eigenvalue weighted by Crippen LogP contribution is -2.14. The van der Waals surface area contributed by atoms with Crippen molar-refractivity contribution >= 4 is 57.7 Å². The minimum Gasteiger partial charge on any atom is -0.331 e. The molecule has 112 valence electrons. The minimum absolute atomic E-state index is 0.140. The number of hydrogen-bond acceptors (Lipinski definition) is 4. The number of nitrogens with zero attached hydrogens (tertiary/aromatic N) is 2. The largest absolute Gasteiger partial charge is 0.331 e. The highest BCUT2D eigenvalue weighted by atomic mass is 35.5. The van der Waals surface area contributed by atoms with Crippen LogP contribution < -0.4 is 5.32 Å². The molecule has 0 aliphatic carbocycles. The van der Waals surface area contributed by atoms with E-state index in [0.29, 0.717) is 26.5 Å². The quantitative estimate of drug-likeness (QED) is 0.696. The van der Waals surface area contributed by atoms with Crippen LogP contribution in [0.1, 0.15) is 0 Å². The number of halogens is 2. The summed E-state index contributed by atoms with van der Waals surface area (Å²) < 4.78 is 0. The van der Waals surface area contributed by atoms with Gasteiger partial charge in [-0.3, -0.25) is 4.79 Å². The van der Waals surface area contributed by atoms with Crippen molar-refractivity contribution in [3.05, 3.63) is 46.6 Å². The molecule has 0 saturated heterocycles. The van der Waals surface area contributed by atoms with Gasteiger partial charge in [-0.05, 0) is 24.3 Å². The van der Waals surface area contributed by atoms with Crippen LogP contribution >= 0.6 is 35.0 Å². The Morgan fingerprint density at radius 1 is 1.27 bits per heavy atom. The molecule has 0 atom stereocenters. The first-order valence-electron chi connectivity index (χ1n) is 6.29. The number of amides is 1. The monoisotopic (exact) mass is 352 g/mol. The molecule has 0 aliphatic rings. The van der Waals surface area contributed by atoms with Gasteiger partial charge in [0.1, 0.15) is 0 Å². The van der Waals surface area contributed by atoms with Gasteiger partial charge in [0.15, 0.2) is 10.8 Å². The second-order valence-corrected chi connectivity index (χ2v) is 6.25. The fourth-order valence-corrected chi connectivity index (χ4v) is 2.84. The number of thioether (sulfide) groups is 1. The highest BCUT2D eigenvalue weighted by molar-refractivity contribution is 7.99. The lowest BCUT2D eigenvalue weighted by molar-refractivity contribution is -0.113. The van der Waals surface area contributed by atoms with Crippen LogP contribution in [0.15, 0.2) is 41.7 Å². The zero-order chi connectivity index (χ0) is 15.5. The van der Waals surface area contributed by atoms with E-state index in [0.717, 1.165) is 5.52 Å². The summed E-state index contributed by atoms with van der Waals surface area (Å²) in [6, 6.07) is 8.74. The number of benzene rings is 1. The molecule has 0 bridgehead atoms. The molecule has 1 amide bonds. The average Bonchev–Trinajstić information content (AvgIpc) is 2.87. The minimum atomic E-state index is -0.140. The topological polar surface area (TPSA) is 70.7 Å². The third-order valence-corrected chi connectivity index (χ3v) is 4.05. The van der Waals surface area contributed by atoms with Crippen molar-refractivity contribution in [3.8, 4) is 0 Å². The molecule has 0 aliphatic heterocycles. The van der Waals surface area contributed by atoms with Crippen molar-refractivity contribution in [2.45, 2.75) is 5.16 Å². The lowest BCUT2D eigenvalue weighted by atomic mass is 10.3. The van der Waals surface area contributed by atoms with Gasteiger partial charge in [0.05, 0.1) is 16.3 Å². The molecule has 2 heterocycles.